The number of carbonyl (C=O) groups is 4. The standard InChI is InChI=1S/C40H50N2O8/c1-2-48-39(47)40-22-27(40)15-9-5-3-4-7-14-26-20-35(44)50-34-19-25(34)13-8-6-10-17-30-36(45)29-16-11-12-18-31(29)41-37(30)49-28-21-32(33(43)23-40)42(24-28)38(26)46/h9,11-12,15-16,18,25-28,32,34H,2-8,10,13-14,17,19-24H2,1H3,(H,41,45)/b15-9-/t25-,26-,27-,28-,32?,34-,40-/m1/s1. The third-order valence-electron chi connectivity index (χ3n) is 11.7. The number of esters is 2. The van der Waals surface area contributed by atoms with Crippen LogP contribution in [0.2, 0.25) is 0 Å². The molecule has 7 rings (SSSR count). The fourth-order valence-electron chi connectivity index (χ4n) is 8.59. The second-order valence-electron chi connectivity index (χ2n) is 15.2. The number of rotatable bonds is 2. The van der Waals surface area contributed by atoms with Gasteiger partial charge in [0.15, 0.2) is 17.1 Å². The molecule has 2 aliphatic carbocycles. The first-order valence-corrected chi connectivity index (χ1v) is 18.9. The highest BCUT2D eigenvalue weighted by atomic mass is 16.6. The normalized spacial score (nSPS) is 32.9. The van der Waals surface area contributed by atoms with E-state index in [-0.39, 0.29) is 73.5 Å². The second kappa shape index (κ2) is 14.7. The maximum Gasteiger partial charge on any atom is 0.313 e. The molecule has 2 saturated carbocycles. The van der Waals surface area contributed by atoms with Gasteiger partial charge in [0.1, 0.15) is 12.2 Å². The molecule has 1 saturated heterocycles. The van der Waals surface area contributed by atoms with Crippen LogP contribution in [0, 0.1) is 23.2 Å². The minimum atomic E-state index is -0.940. The van der Waals surface area contributed by atoms with Gasteiger partial charge in [-0.2, -0.15) is 0 Å². The lowest BCUT2D eigenvalue weighted by Gasteiger charge is -2.28. The molecule has 4 heterocycles. The Morgan fingerprint density at radius 2 is 1.82 bits per heavy atom. The number of H-pyrrole nitrogens is 1. The van der Waals surface area contributed by atoms with E-state index in [2.05, 4.69) is 17.1 Å². The summed E-state index contributed by atoms with van der Waals surface area (Å²) in [6.07, 6.45) is 13.2. The molecule has 1 unspecified atom stereocenters. The van der Waals surface area contributed by atoms with Crippen LogP contribution >= 0.6 is 0 Å². The molecule has 50 heavy (non-hydrogen) atoms. The molecule has 10 nitrogen and oxygen atoms in total. The number of aromatic nitrogens is 1. The molecule has 1 aromatic carbocycles. The van der Waals surface area contributed by atoms with E-state index < -0.39 is 23.5 Å². The monoisotopic (exact) mass is 686 g/mol. The molecule has 7 atom stereocenters. The molecule has 268 valence electrons. The van der Waals surface area contributed by atoms with E-state index in [0.29, 0.717) is 47.5 Å². The van der Waals surface area contributed by atoms with Gasteiger partial charge in [0.2, 0.25) is 5.91 Å². The second-order valence-corrected chi connectivity index (χ2v) is 15.2. The van der Waals surface area contributed by atoms with Gasteiger partial charge in [-0.05, 0) is 82.3 Å². The Hall–Kier alpha value is -3.95. The number of pyridine rings is 1. The summed E-state index contributed by atoms with van der Waals surface area (Å²) in [6, 6.07) is 6.55. The zero-order chi connectivity index (χ0) is 34.8. The summed E-state index contributed by atoms with van der Waals surface area (Å²) in [6.45, 7) is 2.12. The fraction of sp³-hybridized carbons (Fsp3) is 0.625. The van der Waals surface area contributed by atoms with E-state index >= 15 is 0 Å². The molecule has 3 bridgehead atoms. The Morgan fingerprint density at radius 3 is 2.68 bits per heavy atom. The van der Waals surface area contributed by atoms with Crippen LogP contribution in [0.15, 0.2) is 41.2 Å². The molecule has 0 radical (unpaired) electrons. The largest absolute Gasteiger partial charge is 0.473 e. The summed E-state index contributed by atoms with van der Waals surface area (Å²) in [5.74, 6) is -1.18. The summed E-state index contributed by atoms with van der Waals surface area (Å²) >= 11 is 0. The fourth-order valence-corrected chi connectivity index (χ4v) is 8.59. The van der Waals surface area contributed by atoms with Gasteiger partial charge in [0.25, 0.3) is 0 Å². The Kier molecular flexibility index (Phi) is 10.2. The molecule has 3 aliphatic heterocycles. The predicted octanol–water partition coefficient (Wildman–Crippen LogP) is 5.98. The highest BCUT2D eigenvalue weighted by molar-refractivity contribution is 5.96. The van der Waals surface area contributed by atoms with Crippen LogP contribution < -0.4 is 10.2 Å². The van der Waals surface area contributed by atoms with E-state index in [0.717, 1.165) is 57.8 Å². The summed E-state index contributed by atoms with van der Waals surface area (Å²) in [7, 11) is 0. The number of fused-ring (bicyclic) bond motifs is 6. The highest BCUT2D eigenvalue weighted by Gasteiger charge is 2.61. The van der Waals surface area contributed by atoms with E-state index in [4.69, 9.17) is 14.2 Å². The van der Waals surface area contributed by atoms with Crippen LogP contribution in [-0.4, -0.2) is 64.9 Å². The zero-order valence-electron chi connectivity index (χ0n) is 29.2. The van der Waals surface area contributed by atoms with Gasteiger partial charge in [0.05, 0.1) is 42.1 Å². The Balaban J connectivity index is 1.24. The van der Waals surface area contributed by atoms with Gasteiger partial charge in [0, 0.05) is 24.1 Å². The van der Waals surface area contributed by atoms with Gasteiger partial charge in [-0.1, -0.05) is 50.0 Å². The Labute approximate surface area is 293 Å². The van der Waals surface area contributed by atoms with Gasteiger partial charge in [-0.25, -0.2) is 0 Å². The molecule has 1 N–H and O–H groups in total. The lowest BCUT2D eigenvalue weighted by atomic mass is 9.91. The number of nitrogens with one attached hydrogen (secondary N) is 1. The highest BCUT2D eigenvalue weighted by Crippen LogP contribution is 2.57. The minimum absolute atomic E-state index is 0.0259. The molecular formula is C40H50N2O8. The molecule has 1 amide bonds. The average Bonchev–Trinajstić information content (AvgIpc) is 3.96. The van der Waals surface area contributed by atoms with Crippen LogP contribution in [0.3, 0.4) is 0 Å². The summed E-state index contributed by atoms with van der Waals surface area (Å²) in [4.78, 5) is 74.2. The van der Waals surface area contributed by atoms with E-state index in [1.54, 1.807) is 11.8 Å². The molecule has 0 spiro atoms. The topological polar surface area (TPSA) is 132 Å². The van der Waals surface area contributed by atoms with Crippen molar-refractivity contribution in [1.29, 1.82) is 0 Å². The Morgan fingerprint density at radius 1 is 1.00 bits per heavy atom. The number of nitrogens with zero attached hydrogens (tertiary/aromatic N) is 1. The SMILES string of the molecule is CCOC(=O)[C@]12CC(=O)C3C[C@@H]4CN3C(=O)[C@H](CCCCC/C=C\[C@@H]1C2)CC(=O)O[C@@H]1C[C@H]1CCCCCc1c([nH]c2ccccc2c1=O)O4. The van der Waals surface area contributed by atoms with Crippen molar-refractivity contribution in [3.05, 3.63) is 52.2 Å². The number of ketones is 1. The summed E-state index contributed by atoms with van der Waals surface area (Å²) < 4.78 is 18.0. The average molecular weight is 687 g/mol. The van der Waals surface area contributed by atoms with Crippen LogP contribution in [0.5, 0.6) is 5.88 Å². The van der Waals surface area contributed by atoms with Crippen molar-refractivity contribution in [3.8, 4) is 5.88 Å². The molecule has 3 fully saturated rings. The lowest BCUT2D eigenvalue weighted by Crippen LogP contribution is -2.45. The quantitative estimate of drug-likeness (QED) is 0.302. The van der Waals surface area contributed by atoms with E-state index in [1.165, 1.54) is 0 Å². The lowest BCUT2D eigenvalue weighted by molar-refractivity contribution is -0.154. The third kappa shape index (κ3) is 7.26. The van der Waals surface area contributed by atoms with E-state index in [1.807, 2.05) is 24.3 Å². The maximum absolute atomic E-state index is 14.5. The number of amides is 1. The molecule has 1 aromatic heterocycles. The number of para-hydroxylation sites is 1. The van der Waals surface area contributed by atoms with Crippen LogP contribution in [0.4, 0.5) is 0 Å². The first kappa shape index (κ1) is 34.5. The number of hydrogen-bond donors (Lipinski definition) is 1. The third-order valence-corrected chi connectivity index (χ3v) is 11.7. The number of Topliss-reactive ketones (excluding diaryl/α,β-unsaturated/α-hetero) is 1. The van der Waals surface area contributed by atoms with Crippen molar-refractivity contribution in [1.82, 2.24) is 9.88 Å². The number of ether oxygens (including phenoxy) is 3. The first-order chi connectivity index (χ1) is 24.3. The number of benzene rings is 1. The minimum Gasteiger partial charge on any atom is -0.473 e. The van der Waals surface area contributed by atoms with Gasteiger partial charge in [-0.3, -0.25) is 24.0 Å². The number of carbonyl (C=O) groups excluding carboxylic acids is 4. The van der Waals surface area contributed by atoms with Crippen molar-refractivity contribution < 1.29 is 33.4 Å². The molecule has 5 aliphatic rings. The van der Waals surface area contributed by atoms with Gasteiger partial charge < -0.3 is 24.1 Å². The van der Waals surface area contributed by atoms with E-state index in [9.17, 15) is 24.0 Å². The molecule has 10 heteroatoms. The van der Waals surface area contributed by atoms with Crippen molar-refractivity contribution in [2.45, 2.75) is 121 Å². The number of aromatic amines is 1. The first-order valence-electron chi connectivity index (χ1n) is 18.9. The van der Waals surface area contributed by atoms with Crippen LogP contribution in [0.1, 0.15) is 102 Å². The van der Waals surface area contributed by atoms with Crippen LogP contribution in [0.25, 0.3) is 10.9 Å². The van der Waals surface area contributed by atoms with Crippen molar-refractivity contribution in [2.75, 3.05) is 13.2 Å². The molecule has 2 aromatic rings. The maximum atomic E-state index is 14.5. The molecular weight excluding hydrogens is 636 g/mol. The summed E-state index contributed by atoms with van der Waals surface area (Å²) in [5, 5.41) is 0.601. The number of hydrogen-bond acceptors (Lipinski definition) is 8. The number of allylic oxidation sites excluding steroid dienone is 2. The Bertz CT molecular complexity index is 1710. The predicted molar refractivity (Wildman–Crippen MR) is 186 cm³/mol. The van der Waals surface area contributed by atoms with Gasteiger partial charge in [-0.15, -0.1) is 0 Å². The smallest absolute Gasteiger partial charge is 0.313 e. The van der Waals surface area contributed by atoms with Crippen molar-refractivity contribution in [2.24, 2.45) is 23.2 Å². The zero-order valence-corrected chi connectivity index (χ0v) is 29.2. The summed E-state index contributed by atoms with van der Waals surface area (Å²) in [5.41, 5.74) is 0.241. The van der Waals surface area contributed by atoms with Crippen molar-refractivity contribution in [3.63, 3.8) is 0 Å². The van der Waals surface area contributed by atoms with Gasteiger partial charge >= 0.3 is 11.9 Å². The van der Waals surface area contributed by atoms with Crippen LogP contribution in [-0.2, 0) is 35.1 Å². The van der Waals surface area contributed by atoms with Crippen molar-refractivity contribution >= 4 is 34.5 Å².